The van der Waals surface area contributed by atoms with Gasteiger partial charge in [-0.2, -0.15) is 0 Å². The first-order valence-corrected chi connectivity index (χ1v) is 18.9. The van der Waals surface area contributed by atoms with E-state index in [4.69, 9.17) is 29.2 Å². The Hall–Kier alpha value is -2.85. The summed E-state index contributed by atoms with van der Waals surface area (Å²) in [5.74, 6) is -2.71. The molecular formula is C36H67N3O12. The van der Waals surface area contributed by atoms with Crippen molar-refractivity contribution in [3.05, 3.63) is 0 Å². The van der Waals surface area contributed by atoms with Gasteiger partial charge in [-0.05, 0) is 32.6 Å². The standard InChI is InChI=1S/C36H67N3O12/c1-30(40)18-19-31(36(46)47)39-34(43)29-51-27-25-49-23-21-38-33(42)28-50-26-24-48-22-20-37-32(41)16-14-12-10-8-6-4-2-3-5-7-9-11-13-15-17-35(44)45/h30-31,40H,2-29H2,1H3,(H,37,41)(H,38,42)(H,39,43)(H,44,45)(H,46,47). The fourth-order valence-corrected chi connectivity index (χ4v) is 5.02. The number of hydrogen-bond donors (Lipinski definition) is 6. The van der Waals surface area contributed by atoms with Crippen LogP contribution >= 0.6 is 0 Å². The summed E-state index contributed by atoms with van der Waals surface area (Å²) < 4.78 is 21.2. The number of carbonyl (C=O) groups excluding carboxylic acids is 3. The van der Waals surface area contributed by atoms with Crippen LogP contribution < -0.4 is 16.0 Å². The lowest BCUT2D eigenvalue weighted by Gasteiger charge is -2.15. The molecule has 0 aromatic carbocycles. The monoisotopic (exact) mass is 733 g/mol. The summed E-state index contributed by atoms with van der Waals surface area (Å²) in [6, 6.07) is -1.09. The number of carboxylic acid groups (broad SMARTS) is 2. The molecule has 0 rings (SSSR count). The Balaban J connectivity index is 3.42. The highest BCUT2D eigenvalue weighted by Gasteiger charge is 2.20. The molecule has 0 saturated carbocycles. The minimum atomic E-state index is -1.18. The predicted octanol–water partition coefficient (Wildman–Crippen LogP) is 3.34. The van der Waals surface area contributed by atoms with E-state index in [9.17, 15) is 29.1 Å². The van der Waals surface area contributed by atoms with E-state index in [2.05, 4.69) is 16.0 Å². The molecule has 0 aliphatic heterocycles. The molecule has 51 heavy (non-hydrogen) atoms. The topological polar surface area (TPSA) is 219 Å². The van der Waals surface area contributed by atoms with E-state index in [1.807, 2.05) is 0 Å². The maximum absolute atomic E-state index is 12.0. The number of carboxylic acids is 2. The van der Waals surface area contributed by atoms with Crippen LogP contribution in [-0.4, -0.2) is 123 Å². The molecule has 6 N–H and O–H groups in total. The second kappa shape index (κ2) is 35.5. The molecule has 0 aliphatic carbocycles. The van der Waals surface area contributed by atoms with Crippen LogP contribution in [0.1, 0.15) is 122 Å². The Kier molecular flexibility index (Phi) is 33.6. The molecule has 0 aromatic rings. The molecule has 3 amide bonds. The normalized spacial score (nSPS) is 12.3. The summed E-state index contributed by atoms with van der Waals surface area (Å²) in [5.41, 5.74) is 0. The van der Waals surface area contributed by atoms with Gasteiger partial charge in [-0.25, -0.2) is 4.79 Å². The van der Waals surface area contributed by atoms with Crippen molar-refractivity contribution in [3.63, 3.8) is 0 Å². The van der Waals surface area contributed by atoms with Gasteiger partial charge in [0.15, 0.2) is 0 Å². The average Bonchev–Trinajstić information content (AvgIpc) is 3.08. The van der Waals surface area contributed by atoms with Crippen LogP contribution in [0.4, 0.5) is 0 Å². The van der Waals surface area contributed by atoms with Crippen LogP contribution in [0.2, 0.25) is 0 Å². The molecule has 0 aliphatic rings. The Bertz CT molecular complexity index is 907. The number of amides is 3. The molecule has 2 unspecified atom stereocenters. The van der Waals surface area contributed by atoms with Gasteiger partial charge in [0, 0.05) is 25.9 Å². The highest BCUT2D eigenvalue weighted by molar-refractivity contribution is 5.84. The molecule has 15 nitrogen and oxygen atoms in total. The van der Waals surface area contributed by atoms with Crippen molar-refractivity contribution in [1.29, 1.82) is 0 Å². The van der Waals surface area contributed by atoms with Crippen molar-refractivity contribution in [2.45, 2.75) is 135 Å². The quantitative estimate of drug-likeness (QED) is 0.0504. The van der Waals surface area contributed by atoms with Gasteiger partial charge in [0.05, 0.1) is 45.7 Å². The molecule has 0 bridgehead atoms. The van der Waals surface area contributed by atoms with E-state index < -0.39 is 30.0 Å². The van der Waals surface area contributed by atoms with Crippen LogP contribution in [0.15, 0.2) is 0 Å². The number of carbonyl (C=O) groups is 5. The maximum atomic E-state index is 12.0. The van der Waals surface area contributed by atoms with Crippen molar-refractivity contribution < 1.29 is 58.2 Å². The third kappa shape index (κ3) is 36.7. The summed E-state index contributed by atoms with van der Waals surface area (Å²) in [5, 5.41) is 34.9. The van der Waals surface area contributed by atoms with Crippen LogP contribution in [0, 0.1) is 0 Å². The number of ether oxygens (including phenoxy) is 4. The molecule has 0 radical (unpaired) electrons. The van der Waals surface area contributed by atoms with Gasteiger partial charge < -0.3 is 50.2 Å². The molecular weight excluding hydrogens is 666 g/mol. The van der Waals surface area contributed by atoms with Crippen LogP contribution in [0.5, 0.6) is 0 Å². The SMILES string of the molecule is CC(O)CCC(NC(=O)COCCOCCNC(=O)COCCOCCNC(=O)CCCCCCCCCCCCCCCCC(=O)O)C(=O)O. The van der Waals surface area contributed by atoms with E-state index in [0.717, 1.165) is 38.5 Å². The third-order valence-corrected chi connectivity index (χ3v) is 7.90. The average molecular weight is 734 g/mol. The van der Waals surface area contributed by atoms with E-state index in [0.29, 0.717) is 32.6 Å². The van der Waals surface area contributed by atoms with Crippen LogP contribution in [-0.2, 0) is 42.9 Å². The number of aliphatic hydroxyl groups excluding tert-OH is 1. The largest absolute Gasteiger partial charge is 0.481 e. The van der Waals surface area contributed by atoms with Gasteiger partial charge in [0.1, 0.15) is 19.3 Å². The zero-order valence-electron chi connectivity index (χ0n) is 31.0. The molecule has 0 heterocycles. The summed E-state index contributed by atoms with van der Waals surface area (Å²) in [6.45, 7) is 3.26. The van der Waals surface area contributed by atoms with Gasteiger partial charge in [0.2, 0.25) is 17.7 Å². The minimum Gasteiger partial charge on any atom is -0.481 e. The number of nitrogens with one attached hydrogen (secondary N) is 3. The lowest BCUT2D eigenvalue weighted by atomic mass is 10.0. The first kappa shape index (κ1) is 48.1. The Labute approximate surface area is 304 Å². The lowest BCUT2D eigenvalue weighted by Crippen LogP contribution is -2.43. The zero-order valence-corrected chi connectivity index (χ0v) is 31.0. The van der Waals surface area contributed by atoms with E-state index >= 15 is 0 Å². The number of aliphatic hydroxyl groups is 1. The first-order valence-electron chi connectivity index (χ1n) is 18.9. The molecule has 2 atom stereocenters. The number of rotatable bonds is 38. The number of unbranched alkanes of at least 4 members (excludes halogenated alkanes) is 13. The second-order valence-corrected chi connectivity index (χ2v) is 12.8. The van der Waals surface area contributed by atoms with E-state index in [1.165, 1.54) is 51.4 Å². The highest BCUT2D eigenvalue weighted by atomic mass is 16.5. The second-order valence-electron chi connectivity index (χ2n) is 12.8. The minimum absolute atomic E-state index is 0.0315. The lowest BCUT2D eigenvalue weighted by molar-refractivity contribution is -0.143. The smallest absolute Gasteiger partial charge is 0.326 e. The zero-order chi connectivity index (χ0) is 37.8. The molecule has 0 spiro atoms. The highest BCUT2D eigenvalue weighted by Crippen LogP contribution is 2.13. The summed E-state index contributed by atoms with van der Waals surface area (Å²) >= 11 is 0. The Morgan fingerprint density at radius 2 is 0.922 bits per heavy atom. The van der Waals surface area contributed by atoms with Crippen molar-refractivity contribution in [3.8, 4) is 0 Å². The van der Waals surface area contributed by atoms with Crippen molar-refractivity contribution in [2.24, 2.45) is 0 Å². The fourth-order valence-electron chi connectivity index (χ4n) is 5.02. The van der Waals surface area contributed by atoms with Crippen molar-refractivity contribution in [1.82, 2.24) is 16.0 Å². The molecule has 0 aromatic heterocycles. The van der Waals surface area contributed by atoms with Gasteiger partial charge in [-0.1, -0.05) is 77.0 Å². The molecule has 0 saturated heterocycles. The molecule has 298 valence electrons. The number of hydrogen-bond acceptors (Lipinski definition) is 10. The van der Waals surface area contributed by atoms with Gasteiger partial charge >= 0.3 is 11.9 Å². The van der Waals surface area contributed by atoms with Gasteiger partial charge in [-0.3, -0.25) is 19.2 Å². The van der Waals surface area contributed by atoms with E-state index in [-0.39, 0.29) is 70.8 Å². The maximum Gasteiger partial charge on any atom is 0.326 e. The third-order valence-electron chi connectivity index (χ3n) is 7.90. The number of aliphatic carboxylic acids is 2. The fraction of sp³-hybridized carbons (Fsp3) is 0.861. The first-order chi connectivity index (χ1) is 24.6. The Morgan fingerprint density at radius 3 is 1.37 bits per heavy atom. The molecule has 0 fully saturated rings. The van der Waals surface area contributed by atoms with E-state index in [1.54, 1.807) is 6.92 Å². The summed E-state index contributed by atoms with van der Waals surface area (Å²) in [7, 11) is 0. The molecule has 15 heteroatoms. The predicted molar refractivity (Wildman–Crippen MR) is 191 cm³/mol. The summed E-state index contributed by atoms with van der Waals surface area (Å²) in [4.78, 5) is 57.3. The van der Waals surface area contributed by atoms with Crippen molar-refractivity contribution in [2.75, 3.05) is 65.9 Å². The van der Waals surface area contributed by atoms with Crippen LogP contribution in [0.25, 0.3) is 0 Å². The summed E-state index contributed by atoms with van der Waals surface area (Å²) in [6.07, 6.45) is 16.6. The Morgan fingerprint density at radius 1 is 0.510 bits per heavy atom. The van der Waals surface area contributed by atoms with Crippen molar-refractivity contribution >= 4 is 29.7 Å². The van der Waals surface area contributed by atoms with Gasteiger partial charge in [-0.15, -0.1) is 0 Å². The van der Waals surface area contributed by atoms with Crippen LogP contribution in [0.3, 0.4) is 0 Å². The van der Waals surface area contributed by atoms with Gasteiger partial charge in [0.25, 0.3) is 0 Å².